The van der Waals surface area contributed by atoms with Gasteiger partial charge >= 0.3 is 0 Å². The van der Waals surface area contributed by atoms with E-state index in [2.05, 4.69) is 52.1 Å². The zero-order valence-electron chi connectivity index (χ0n) is 20.4. The van der Waals surface area contributed by atoms with Crippen LogP contribution in [-0.2, 0) is 4.79 Å². The molecule has 2 fully saturated rings. The molecule has 2 aromatic heterocycles. The third kappa shape index (κ3) is 4.92. The van der Waals surface area contributed by atoms with Crippen molar-refractivity contribution in [2.75, 3.05) is 44.2 Å². The molecule has 0 bridgehead atoms. The van der Waals surface area contributed by atoms with E-state index in [0.717, 1.165) is 31.5 Å². The van der Waals surface area contributed by atoms with Crippen LogP contribution >= 0.6 is 0 Å². The van der Waals surface area contributed by atoms with Crippen LogP contribution in [-0.4, -0.2) is 76.1 Å². The fourth-order valence-corrected chi connectivity index (χ4v) is 5.11. The van der Waals surface area contributed by atoms with E-state index in [9.17, 15) is 9.59 Å². The predicted molar refractivity (Wildman–Crippen MR) is 135 cm³/mol. The fraction of sp³-hybridized carbons (Fsp3) is 0.407. The van der Waals surface area contributed by atoms with E-state index >= 15 is 0 Å². The van der Waals surface area contributed by atoms with Crippen molar-refractivity contribution in [3.8, 4) is 11.3 Å². The lowest BCUT2D eigenvalue weighted by Gasteiger charge is -2.40. The number of aromatic amines is 1. The van der Waals surface area contributed by atoms with Crippen molar-refractivity contribution in [1.29, 1.82) is 0 Å². The van der Waals surface area contributed by atoms with Crippen LogP contribution in [0, 0.1) is 19.8 Å². The number of aromatic nitrogens is 3. The lowest BCUT2D eigenvalue weighted by atomic mass is 9.95. The quantitative estimate of drug-likeness (QED) is 0.630. The monoisotopic (exact) mass is 472 g/mol. The van der Waals surface area contributed by atoms with Crippen LogP contribution in [0.3, 0.4) is 0 Å². The zero-order chi connectivity index (χ0) is 24.4. The molecule has 1 atom stereocenters. The molecule has 182 valence electrons. The number of carbonyl (C=O) groups is 2. The van der Waals surface area contributed by atoms with Crippen LogP contribution in [0.1, 0.15) is 34.5 Å². The van der Waals surface area contributed by atoms with Gasteiger partial charge in [0, 0.05) is 62.9 Å². The van der Waals surface area contributed by atoms with E-state index in [1.54, 1.807) is 23.4 Å². The van der Waals surface area contributed by atoms with Crippen LogP contribution in [0.4, 0.5) is 5.69 Å². The minimum Gasteiger partial charge on any atom is -0.368 e. The number of anilines is 1. The number of nitrogens with zero attached hydrogens (tertiary/aromatic N) is 5. The molecule has 3 aromatic rings. The minimum atomic E-state index is -0.152. The Hall–Kier alpha value is -3.68. The summed E-state index contributed by atoms with van der Waals surface area (Å²) < 4.78 is 0. The Kier molecular flexibility index (Phi) is 6.53. The molecule has 0 radical (unpaired) electrons. The number of hydrogen-bond donors (Lipinski definition) is 1. The van der Waals surface area contributed by atoms with Crippen LogP contribution in [0.5, 0.6) is 0 Å². The predicted octanol–water partition coefficient (Wildman–Crippen LogP) is 3.29. The van der Waals surface area contributed by atoms with Crippen LogP contribution < -0.4 is 4.90 Å². The molecule has 0 unspecified atom stereocenters. The number of hydrogen-bond acceptors (Lipinski definition) is 5. The smallest absolute Gasteiger partial charge is 0.271 e. The summed E-state index contributed by atoms with van der Waals surface area (Å²) in [6.45, 7) is 8.45. The van der Waals surface area contributed by atoms with Gasteiger partial charge in [0.2, 0.25) is 5.91 Å². The SMILES string of the molecule is Cc1ccc(C)c(N2CCN(C(=O)[C@H]3CCCN(C(=O)c4cc(-c5cccnc5)n[nH]4)C3)CC2)c1. The number of aryl methyl sites for hydroxylation is 2. The van der Waals surface area contributed by atoms with Crippen molar-refractivity contribution in [1.82, 2.24) is 25.0 Å². The van der Waals surface area contributed by atoms with E-state index in [-0.39, 0.29) is 17.7 Å². The Balaban J connectivity index is 1.19. The Morgan fingerprint density at radius 1 is 1.00 bits per heavy atom. The molecule has 4 heterocycles. The molecule has 8 nitrogen and oxygen atoms in total. The van der Waals surface area contributed by atoms with Crippen molar-refractivity contribution < 1.29 is 9.59 Å². The van der Waals surface area contributed by atoms with E-state index in [1.165, 1.54) is 16.8 Å². The van der Waals surface area contributed by atoms with Crippen molar-refractivity contribution in [3.63, 3.8) is 0 Å². The van der Waals surface area contributed by atoms with Gasteiger partial charge in [0.25, 0.3) is 5.91 Å². The fourth-order valence-electron chi connectivity index (χ4n) is 5.11. The molecule has 2 aliphatic heterocycles. The second kappa shape index (κ2) is 9.90. The normalized spacial score (nSPS) is 18.6. The maximum absolute atomic E-state index is 13.4. The van der Waals surface area contributed by atoms with Gasteiger partial charge in [-0.2, -0.15) is 5.10 Å². The number of amides is 2. The number of likely N-dealkylation sites (tertiary alicyclic amines) is 1. The number of nitrogens with one attached hydrogen (secondary N) is 1. The van der Waals surface area contributed by atoms with Gasteiger partial charge in [-0.15, -0.1) is 0 Å². The van der Waals surface area contributed by atoms with Gasteiger partial charge in [-0.25, -0.2) is 0 Å². The summed E-state index contributed by atoms with van der Waals surface area (Å²) in [5.74, 6) is -0.0886. The highest BCUT2D eigenvalue weighted by Crippen LogP contribution is 2.25. The molecule has 1 aromatic carbocycles. The lowest BCUT2D eigenvalue weighted by molar-refractivity contribution is -0.137. The summed E-state index contributed by atoms with van der Waals surface area (Å²) in [6, 6.07) is 12.0. The Morgan fingerprint density at radius 3 is 2.60 bits per heavy atom. The zero-order valence-corrected chi connectivity index (χ0v) is 20.4. The molecule has 0 spiro atoms. The Morgan fingerprint density at radius 2 is 1.83 bits per heavy atom. The van der Waals surface area contributed by atoms with Crippen LogP contribution in [0.15, 0.2) is 48.8 Å². The lowest BCUT2D eigenvalue weighted by Crippen LogP contribution is -2.53. The maximum Gasteiger partial charge on any atom is 0.271 e. The molecule has 2 saturated heterocycles. The average Bonchev–Trinajstić information content (AvgIpc) is 3.40. The molecular formula is C27H32N6O2. The van der Waals surface area contributed by atoms with E-state index in [0.29, 0.717) is 37.6 Å². The van der Waals surface area contributed by atoms with Crippen LogP contribution in [0.2, 0.25) is 0 Å². The largest absolute Gasteiger partial charge is 0.368 e. The van der Waals surface area contributed by atoms with Gasteiger partial charge in [-0.05, 0) is 62.1 Å². The number of benzene rings is 1. The van der Waals surface area contributed by atoms with E-state index < -0.39 is 0 Å². The molecule has 5 rings (SSSR count). The highest BCUT2D eigenvalue weighted by Gasteiger charge is 2.33. The first-order valence-corrected chi connectivity index (χ1v) is 12.4. The number of piperidine rings is 1. The van der Waals surface area contributed by atoms with Gasteiger partial charge in [-0.3, -0.25) is 19.7 Å². The molecular weight excluding hydrogens is 440 g/mol. The van der Waals surface area contributed by atoms with E-state index in [4.69, 9.17) is 0 Å². The van der Waals surface area contributed by atoms with Crippen molar-refractivity contribution >= 4 is 17.5 Å². The highest BCUT2D eigenvalue weighted by molar-refractivity contribution is 5.94. The first kappa shape index (κ1) is 23.1. The first-order chi connectivity index (χ1) is 17.0. The summed E-state index contributed by atoms with van der Waals surface area (Å²) in [7, 11) is 0. The van der Waals surface area contributed by atoms with Crippen molar-refractivity contribution in [2.24, 2.45) is 5.92 Å². The average molecular weight is 473 g/mol. The van der Waals surface area contributed by atoms with Crippen LogP contribution in [0.25, 0.3) is 11.3 Å². The molecule has 0 saturated carbocycles. The molecule has 0 aliphatic carbocycles. The summed E-state index contributed by atoms with van der Waals surface area (Å²) in [4.78, 5) is 36.8. The summed E-state index contributed by atoms with van der Waals surface area (Å²) >= 11 is 0. The molecule has 35 heavy (non-hydrogen) atoms. The second-order valence-corrected chi connectivity index (χ2v) is 9.60. The van der Waals surface area contributed by atoms with Gasteiger partial charge < -0.3 is 14.7 Å². The third-order valence-corrected chi connectivity index (χ3v) is 7.12. The number of pyridine rings is 1. The van der Waals surface area contributed by atoms with Crippen molar-refractivity contribution in [3.05, 3.63) is 65.6 Å². The minimum absolute atomic E-state index is 0.107. The summed E-state index contributed by atoms with van der Waals surface area (Å²) in [5, 5.41) is 7.15. The van der Waals surface area contributed by atoms with Gasteiger partial charge in [0.1, 0.15) is 5.69 Å². The maximum atomic E-state index is 13.4. The Bertz CT molecular complexity index is 1200. The number of piperazine rings is 1. The molecule has 2 aliphatic rings. The molecule has 2 amide bonds. The van der Waals surface area contributed by atoms with E-state index in [1.807, 2.05) is 17.0 Å². The molecule has 8 heteroatoms. The number of rotatable bonds is 4. The Labute approximate surface area is 205 Å². The van der Waals surface area contributed by atoms with Crippen molar-refractivity contribution in [2.45, 2.75) is 26.7 Å². The highest BCUT2D eigenvalue weighted by atomic mass is 16.2. The molecule has 1 N–H and O–H groups in total. The van der Waals surface area contributed by atoms with Gasteiger partial charge in [0.05, 0.1) is 11.6 Å². The number of H-pyrrole nitrogens is 1. The van der Waals surface area contributed by atoms with Gasteiger partial charge in [-0.1, -0.05) is 12.1 Å². The number of carbonyl (C=O) groups excluding carboxylic acids is 2. The standard InChI is InChI=1S/C27H32N6O2/c1-19-7-8-20(2)25(15-19)31-11-13-32(14-12-31)26(34)22-6-4-10-33(18-22)27(35)24-16-23(29-30-24)21-5-3-9-28-17-21/h3,5,7-9,15-17,22H,4,6,10-14,18H2,1-2H3,(H,29,30)/t22-/m0/s1. The second-order valence-electron chi connectivity index (χ2n) is 9.60. The third-order valence-electron chi connectivity index (χ3n) is 7.12. The summed E-state index contributed by atoms with van der Waals surface area (Å²) in [5.41, 5.74) is 5.77. The topological polar surface area (TPSA) is 85.4 Å². The summed E-state index contributed by atoms with van der Waals surface area (Å²) in [6.07, 6.45) is 5.08. The first-order valence-electron chi connectivity index (χ1n) is 12.4. The van der Waals surface area contributed by atoms with Gasteiger partial charge in [0.15, 0.2) is 0 Å².